The molecule has 1 aliphatic heterocycles. The zero-order chi connectivity index (χ0) is 18.7. The Labute approximate surface area is 150 Å². The predicted octanol–water partition coefficient (Wildman–Crippen LogP) is 1.38. The van der Waals surface area contributed by atoms with Crippen LogP contribution in [0.25, 0.3) is 0 Å². The lowest BCUT2D eigenvalue weighted by molar-refractivity contribution is -0.114. The number of nitrogens with zero attached hydrogens (tertiary/aromatic N) is 1. The highest BCUT2D eigenvalue weighted by Gasteiger charge is 2.30. The molecule has 0 saturated carbocycles. The van der Waals surface area contributed by atoms with E-state index in [-0.39, 0.29) is 17.3 Å². The predicted molar refractivity (Wildman–Crippen MR) is 96.3 cm³/mol. The Bertz CT molecular complexity index is 986. The highest BCUT2D eigenvalue weighted by molar-refractivity contribution is 7.90. The van der Waals surface area contributed by atoms with E-state index in [0.717, 1.165) is 0 Å². The minimum atomic E-state index is -3.63. The summed E-state index contributed by atoms with van der Waals surface area (Å²) in [5.41, 5.74) is 0.910. The second kappa shape index (κ2) is 7.04. The Kier molecular flexibility index (Phi) is 4.81. The van der Waals surface area contributed by atoms with E-state index in [2.05, 4.69) is 15.0 Å². The number of rotatable bonds is 5. The summed E-state index contributed by atoms with van der Waals surface area (Å²) in [5, 5.41) is 2.68. The van der Waals surface area contributed by atoms with Crippen LogP contribution in [0.1, 0.15) is 5.56 Å². The van der Waals surface area contributed by atoms with E-state index in [1.165, 1.54) is 20.3 Å². The van der Waals surface area contributed by atoms with E-state index in [4.69, 9.17) is 9.47 Å². The van der Waals surface area contributed by atoms with Gasteiger partial charge in [0.25, 0.3) is 10.0 Å². The Morgan fingerprint density at radius 3 is 2.65 bits per heavy atom. The molecular weight excluding hydrogens is 358 g/mol. The molecule has 8 nitrogen and oxygen atoms in total. The van der Waals surface area contributed by atoms with Gasteiger partial charge in [-0.05, 0) is 24.3 Å². The average Bonchev–Trinajstić information content (AvgIpc) is 2.91. The molecule has 0 fully saturated rings. The minimum absolute atomic E-state index is 0.149. The maximum absolute atomic E-state index is 12.2. The molecule has 136 valence electrons. The van der Waals surface area contributed by atoms with E-state index in [1.807, 2.05) is 0 Å². The molecule has 1 amide bonds. The van der Waals surface area contributed by atoms with Crippen molar-refractivity contribution in [2.45, 2.75) is 4.90 Å². The lowest BCUT2D eigenvalue weighted by atomic mass is 10.2. The molecule has 0 unspecified atom stereocenters. The van der Waals surface area contributed by atoms with Gasteiger partial charge in [-0.25, -0.2) is 8.42 Å². The van der Waals surface area contributed by atoms with Crippen molar-refractivity contribution >= 4 is 27.5 Å². The maximum atomic E-state index is 12.2. The summed E-state index contributed by atoms with van der Waals surface area (Å²) in [5.74, 6) is 0.774. The smallest absolute Gasteiger partial charge is 0.263 e. The number of anilines is 1. The van der Waals surface area contributed by atoms with Gasteiger partial charge in [0, 0.05) is 11.6 Å². The summed E-state index contributed by atoms with van der Waals surface area (Å²) >= 11 is 0. The first-order valence-corrected chi connectivity index (χ1v) is 9.11. The van der Waals surface area contributed by atoms with Crippen molar-refractivity contribution < 1.29 is 22.7 Å². The number of benzene rings is 2. The Hall–Kier alpha value is -3.07. The number of methoxy groups -OCH3 is 2. The molecular formula is C17H17N3O5S. The van der Waals surface area contributed by atoms with Crippen molar-refractivity contribution in [1.82, 2.24) is 4.72 Å². The van der Waals surface area contributed by atoms with Crippen molar-refractivity contribution in [1.29, 1.82) is 0 Å². The van der Waals surface area contributed by atoms with E-state index in [9.17, 15) is 13.2 Å². The first-order valence-electron chi connectivity index (χ1n) is 7.63. The molecule has 0 bridgehead atoms. The minimum Gasteiger partial charge on any atom is -0.497 e. The molecule has 1 heterocycles. The Balaban J connectivity index is 1.75. The molecule has 9 heteroatoms. The zero-order valence-corrected chi connectivity index (χ0v) is 15.0. The fourth-order valence-electron chi connectivity index (χ4n) is 2.49. The molecule has 2 aromatic carbocycles. The summed E-state index contributed by atoms with van der Waals surface area (Å²) in [6.07, 6.45) is 0. The Morgan fingerprint density at radius 2 is 1.92 bits per heavy atom. The highest BCUT2D eigenvalue weighted by atomic mass is 32.2. The van der Waals surface area contributed by atoms with Crippen molar-refractivity contribution in [3.05, 3.63) is 48.0 Å². The maximum Gasteiger partial charge on any atom is 0.263 e. The number of carbonyl (C=O) groups is 1. The third-order valence-corrected chi connectivity index (χ3v) is 5.12. The third kappa shape index (κ3) is 3.47. The van der Waals surface area contributed by atoms with Crippen LogP contribution in [0, 0.1) is 0 Å². The summed E-state index contributed by atoms with van der Waals surface area (Å²) in [6, 6.07) is 11.4. The molecule has 0 radical (unpaired) electrons. The quantitative estimate of drug-likeness (QED) is 0.821. The van der Waals surface area contributed by atoms with Gasteiger partial charge < -0.3 is 14.8 Å². The van der Waals surface area contributed by atoms with Crippen LogP contribution >= 0.6 is 0 Å². The van der Waals surface area contributed by atoms with Gasteiger partial charge in [-0.15, -0.1) is 0 Å². The second-order valence-electron chi connectivity index (χ2n) is 5.38. The van der Waals surface area contributed by atoms with E-state index >= 15 is 0 Å². The number of amides is 1. The van der Waals surface area contributed by atoms with Crippen LogP contribution in [-0.2, 0) is 14.8 Å². The number of sulfonamides is 1. The third-order valence-electron chi connectivity index (χ3n) is 3.73. The monoisotopic (exact) mass is 375 g/mol. The molecule has 1 aliphatic rings. The Morgan fingerprint density at radius 1 is 1.15 bits per heavy atom. The number of hydrogen-bond donors (Lipinski definition) is 2. The SMILES string of the molecule is COc1ccc(NC(=O)CN=C2NS(=O)(=O)c3ccccc32)c(OC)c1. The topological polar surface area (TPSA) is 106 Å². The molecule has 0 aliphatic carbocycles. The van der Waals surface area contributed by atoms with E-state index in [1.54, 1.807) is 36.4 Å². The van der Waals surface area contributed by atoms with Gasteiger partial charge in [-0.3, -0.25) is 14.5 Å². The van der Waals surface area contributed by atoms with Crippen LogP contribution < -0.4 is 19.5 Å². The second-order valence-corrected chi connectivity index (χ2v) is 7.03. The molecule has 0 aromatic heterocycles. The molecule has 2 aromatic rings. The summed E-state index contributed by atoms with van der Waals surface area (Å²) in [4.78, 5) is 16.4. The van der Waals surface area contributed by atoms with Gasteiger partial charge in [-0.2, -0.15) is 0 Å². The van der Waals surface area contributed by atoms with Crippen LogP contribution in [0.4, 0.5) is 5.69 Å². The van der Waals surface area contributed by atoms with Crippen molar-refractivity contribution in [2.75, 3.05) is 26.1 Å². The first kappa shape index (κ1) is 17.7. The normalized spacial score (nSPS) is 15.8. The number of nitrogens with one attached hydrogen (secondary N) is 2. The first-order chi connectivity index (χ1) is 12.4. The molecule has 3 rings (SSSR count). The number of ether oxygens (including phenoxy) is 2. The largest absolute Gasteiger partial charge is 0.497 e. The van der Waals surface area contributed by atoms with Gasteiger partial charge >= 0.3 is 0 Å². The van der Waals surface area contributed by atoms with Gasteiger partial charge in [0.2, 0.25) is 5.91 Å². The fraction of sp³-hybridized carbons (Fsp3) is 0.176. The number of fused-ring (bicyclic) bond motifs is 1. The summed E-state index contributed by atoms with van der Waals surface area (Å²) in [6.45, 7) is -0.249. The lowest BCUT2D eigenvalue weighted by Crippen LogP contribution is -2.24. The van der Waals surface area contributed by atoms with Crippen LogP contribution in [0.3, 0.4) is 0 Å². The zero-order valence-electron chi connectivity index (χ0n) is 14.1. The van der Waals surface area contributed by atoms with Gasteiger partial charge in [-0.1, -0.05) is 12.1 Å². The number of carbonyl (C=O) groups excluding carboxylic acids is 1. The lowest BCUT2D eigenvalue weighted by Gasteiger charge is -2.11. The number of hydrogen-bond acceptors (Lipinski definition) is 6. The summed E-state index contributed by atoms with van der Waals surface area (Å²) in [7, 11) is -0.614. The number of amidine groups is 1. The van der Waals surface area contributed by atoms with Gasteiger partial charge in [0.1, 0.15) is 23.9 Å². The summed E-state index contributed by atoms with van der Waals surface area (Å²) < 4.78 is 36.7. The van der Waals surface area contributed by atoms with Crippen LogP contribution in [0.15, 0.2) is 52.4 Å². The van der Waals surface area contributed by atoms with Crippen LogP contribution in [0.5, 0.6) is 11.5 Å². The standard InChI is InChI=1S/C17H17N3O5S/c1-24-11-7-8-13(14(9-11)25-2)19-16(21)10-18-17-12-5-3-4-6-15(12)26(22,23)20-17/h3-9H,10H2,1-2H3,(H,18,20)(H,19,21). The van der Waals surface area contributed by atoms with Crippen LogP contribution in [0.2, 0.25) is 0 Å². The van der Waals surface area contributed by atoms with Crippen LogP contribution in [-0.4, -0.2) is 40.9 Å². The van der Waals surface area contributed by atoms with E-state index in [0.29, 0.717) is 22.7 Å². The highest BCUT2D eigenvalue weighted by Crippen LogP contribution is 2.29. The van der Waals surface area contributed by atoms with Gasteiger partial charge in [0.15, 0.2) is 0 Å². The average molecular weight is 375 g/mol. The van der Waals surface area contributed by atoms with Gasteiger partial charge in [0.05, 0.1) is 24.8 Å². The number of aliphatic imine (C=N–C) groups is 1. The van der Waals surface area contributed by atoms with E-state index < -0.39 is 15.9 Å². The molecule has 0 atom stereocenters. The van der Waals surface area contributed by atoms with Crippen molar-refractivity contribution in [2.24, 2.45) is 4.99 Å². The molecule has 0 spiro atoms. The van der Waals surface area contributed by atoms with Crippen molar-refractivity contribution in [3.63, 3.8) is 0 Å². The molecule has 26 heavy (non-hydrogen) atoms. The molecule has 2 N–H and O–H groups in total. The van der Waals surface area contributed by atoms with Crippen molar-refractivity contribution in [3.8, 4) is 11.5 Å². The molecule has 0 saturated heterocycles. The fourth-order valence-corrected chi connectivity index (χ4v) is 3.74.